The highest BCUT2D eigenvalue weighted by Crippen LogP contribution is 2.37. The topological polar surface area (TPSA) is 24.5 Å². The number of hydrogen-bond donors (Lipinski definition) is 1. The summed E-state index contributed by atoms with van der Waals surface area (Å²) in [6.07, 6.45) is 0. The van der Waals surface area contributed by atoms with Gasteiger partial charge in [-0.1, -0.05) is 44.0 Å². The van der Waals surface area contributed by atoms with Crippen LogP contribution in [0.25, 0.3) is 0 Å². The fraction of sp³-hybridized carbons (Fsp3) is 0.333. The molecule has 0 amide bonds. The molecule has 0 saturated carbocycles. The number of benzene rings is 2. The molecular formula is C18H20Br2N2O. The van der Waals surface area contributed by atoms with Gasteiger partial charge in [0.1, 0.15) is 5.75 Å². The van der Waals surface area contributed by atoms with Crippen LogP contribution in [-0.2, 0) is 0 Å². The van der Waals surface area contributed by atoms with Gasteiger partial charge in [0.25, 0.3) is 0 Å². The zero-order chi connectivity index (χ0) is 16.2. The summed E-state index contributed by atoms with van der Waals surface area (Å²) in [5, 5.41) is 3.43. The minimum absolute atomic E-state index is 0.182. The van der Waals surface area contributed by atoms with Crippen LogP contribution in [0.4, 0.5) is 0 Å². The lowest BCUT2D eigenvalue weighted by molar-refractivity contribution is 0.195. The Bertz CT molecular complexity index is 672. The van der Waals surface area contributed by atoms with Crippen LogP contribution >= 0.6 is 31.9 Å². The third kappa shape index (κ3) is 3.97. The number of halogens is 2. The summed E-state index contributed by atoms with van der Waals surface area (Å²) in [5.41, 5.74) is 2.47. The van der Waals surface area contributed by atoms with Crippen molar-refractivity contribution in [3.8, 4) is 5.75 Å². The van der Waals surface area contributed by atoms with E-state index in [0.717, 1.165) is 40.9 Å². The van der Waals surface area contributed by atoms with Crippen molar-refractivity contribution in [3.63, 3.8) is 0 Å². The van der Waals surface area contributed by atoms with Crippen molar-refractivity contribution in [2.24, 2.45) is 0 Å². The van der Waals surface area contributed by atoms with Gasteiger partial charge in [-0.25, -0.2) is 0 Å². The van der Waals surface area contributed by atoms with Crippen molar-refractivity contribution in [1.29, 1.82) is 0 Å². The second-order valence-corrected chi connectivity index (χ2v) is 7.46. The Balaban J connectivity index is 2.09. The quantitative estimate of drug-likeness (QED) is 0.771. The Morgan fingerprint density at radius 2 is 1.78 bits per heavy atom. The Labute approximate surface area is 154 Å². The number of piperazine rings is 1. The van der Waals surface area contributed by atoms with Crippen LogP contribution in [0.5, 0.6) is 5.75 Å². The van der Waals surface area contributed by atoms with E-state index in [2.05, 4.69) is 72.4 Å². The molecule has 0 aromatic heterocycles. The molecule has 1 aliphatic heterocycles. The van der Waals surface area contributed by atoms with Gasteiger partial charge < -0.3 is 10.1 Å². The summed E-state index contributed by atoms with van der Waals surface area (Å²) in [7, 11) is 1.74. The van der Waals surface area contributed by atoms with Crippen molar-refractivity contribution in [2.75, 3.05) is 33.3 Å². The molecule has 3 rings (SSSR count). The molecule has 1 heterocycles. The van der Waals surface area contributed by atoms with Crippen molar-refractivity contribution in [1.82, 2.24) is 10.2 Å². The molecule has 1 saturated heterocycles. The fourth-order valence-corrected chi connectivity index (χ4v) is 3.92. The fourth-order valence-electron chi connectivity index (χ4n) is 3.12. The highest BCUT2D eigenvalue weighted by atomic mass is 79.9. The van der Waals surface area contributed by atoms with E-state index < -0.39 is 0 Å². The van der Waals surface area contributed by atoms with E-state index in [4.69, 9.17) is 4.74 Å². The van der Waals surface area contributed by atoms with E-state index >= 15 is 0 Å². The lowest BCUT2D eigenvalue weighted by atomic mass is 9.95. The number of ether oxygens (including phenoxy) is 1. The smallest absolute Gasteiger partial charge is 0.124 e. The average molecular weight is 440 g/mol. The normalized spacial score (nSPS) is 17.0. The predicted molar refractivity (Wildman–Crippen MR) is 101 cm³/mol. The van der Waals surface area contributed by atoms with E-state index in [-0.39, 0.29) is 6.04 Å². The lowest BCUT2D eigenvalue weighted by Gasteiger charge is -2.36. The van der Waals surface area contributed by atoms with E-state index in [1.807, 2.05) is 12.1 Å². The Hall–Kier alpha value is -0.880. The van der Waals surface area contributed by atoms with E-state index in [0.29, 0.717) is 0 Å². The molecule has 0 radical (unpaired) electrons. The van der Waals surface area contributed by atoms with E-state index in [9.17, 15) is 0 Å². The highest BCUT2D eigenvalue weighted by molar-refractivity contribution is 9.10. The summed E-state index contributed by atoms with van der Waals surface area (Å²) >= 11 is 7.21. The summed E-state index contributed by atoms with van der Waals surface area (Å²) in [4.78, 5) is 2.52. The van der Waals surface area contributed by atoms with Gasteiger partial charge in [0.05, 0.1) is 13.2 Å². The van der Waals surface area contributed by atoms with Gasteiger partial charge in [0.15, 0.2) is 0 Å². The highest BCUT2D eigenvalue weighted by Gasteiger charge is 2.26. The maximum Gasteiger partial charge on any atom is 0.124 e. The Morgan fingerprint density at radius 3 is 2.48 bits per heavy atom. The predicted octanol–water partition coefficient (Wildman–Crippen LogP) is 4.21. The Morgan fingerprint density at radius 1 is 1.04 bits per heavy atom. The first-order chi connectivity index (χ1) is 11.2. The van der Waals surface area contributed by atoms with E-state index in [1.54, 1.807) is 7.11 Å². The van der Waals surface area contributed by atoms with Gasteiger partial charge in [0.2, 0.25) is 0 Å². The molecule has 23 heavy (non-hydrogen) atoms. The average Bonchev–Trinajstić information content (AvgIpc) is 2.56. The van der Waals surface area contributed by atoms with Gasteiger partial charge >= 0.3 is 0 Å². The third-order valence-electron chi connectivity index (χ3n) is 4.17. The van der Waals surface area contributed by atoms with Crippen molar-refractivity contribution < 1.29 is 4.74 Å². The van der Waals surface area contributed by atoms with Crippen LogP contribution in [-0.4, -0.2) is 38.2 Å². The molecule has 1 unspecified atom stereocenters. The second kappa shape index (κ2) is 7.79. The summed E-state index contributed by atoms with van der Waals surface area (Å²) in [6.45, 7) is 4.07. The molecule has 1 atom stereocenters. The Kier molecular flexibility index (Phi) is 5.75. The molecule has 5 heteroatoms. The lowest BCUT2D eigenvalue weighted by Crippen LogP contribution is -2.45. The monoisotopic (exact) mass is 438 g/mol. The number of hydrogen-bond acceptors (Lipinski definition) is 3. The van der Waals surface area contributed by atoms with Crippen LogP contribution in [0.1, 0.15) is 17.2 Å². The first kappa shape index (κ1) is 17.0. The molecule has 2 aromatic carbocycles. The summed E-state index contributed by atoms with van der Waals surface area (Å²) < 4.78 is 7.82. The van der Waals surface area contributed by atoms with Crippen molar-refractivity contribution in [2.45, 2.75) is 6.04 Å². The van der Waals surface area contributed by atoms with Crippen LogP contribution in [0.2, 0.25) is 0 Å². The van der Waals surface area contributed by atoms with Gasteiger partial charge in [-0.2, -0.15) is 0 Å². The van der Waals surface area contributed by atoms with Crippen LogP contribution in [0.3, 0.4) is 0 Å². The molecule has 0 spiro atoms. The molecule has 1 fully saturated rings. The van der Waals surface area contributed by atoms with Gasteiger partial charge in [-0.15, -0.1) is 0 Å². The largest absolute Gasteiger partial charge is 0.496 e. The molecule has 0 bridgehead atoms. The number of rotatable bonds is 4. The number of nitrogens with zero attached hydrogens (tertiary/aromatic N) is 1. The zero-order valence-electron chi connectivity index (χ0n) is 13.1. The van der Waals surface area contributed by atoms with Crippen molar-refractivity contribution >= 4 is 31.9 Å². The maximum atomic E-state index is 5.65. The molecule has 0 aliphatic carbocycles. The van der Waals surface area contributed by atoms with Crippen LogP contribution < -0.4 is 10.1 Å². The SMILES string of the molecule is COc1ccc(Br)cc1C(c1cccc(Br)c1)N1CCNCC1. The third-order valence-corrected chi connectivity index (χ3v) is 5.15. The summed E-state index contributed by atoms with van der Waals surface area (Å²) in [6, 6.07) is 15.0. The minimum atomic E-state index is 0.182. The van der Waals surface area contributed by atoms with Gasteiger partial charge in [-0.3, -0.25) is 4.90 Å². The van der Waals surface area contributed by atoms with Crippen LogP contribution in [0, 0.1) is 0 Å². The molecular weight excluding hydrogens is 420 g/mol. The molecule has 1 N–H and O–H groups in total. The zero-order valence-corrected chi connectivity index (χ0v) is 16.2. The maximum absolute atomic E-state index is 5.65. The molecule has 122 valence electrons. The van der Waals surface area contributed by atoms with Crippen molar-refractivity contribution in [3.05, 3.63) is 62.5 Å². The molecule has 1 aliphatic rings. The molecule has 3 nitrogen and oxygen atoms in total. The first-order valence-electron chi connectivity index (χ1n) is 7.72. The first-order valence-corrected chi connectivity index (χ1v) is 9.31. The number of nitrogens with one attached hydrogen (secondary N) is 1. The molecule has 2 aromatic rings. The number of methoxy groups -OCH3 is 1. The second-order valence-electron chi connectivity index (χ2n) is 5.63. The van der Waals surface area contributed by atoms with Gasteiger partial charge in [0, 0.05) is 40.7 Å². The standard InChI is InChI=1S/C18H20Br2N2O/c1-23-17-6-5-15(20)12-16(17)18(22-9-7-21-8-10-22)13-3-2-4-14(19)11-13/h2-6,11-12,18,21H,7-10H2,1H3. The van der Waals surface area contributed by atoms with Gasteiger partial charge in [-0.05, 0) is 35.9 Å². The van der Waals surface area contributed by atoms with E-state index in [1.165, 1.54) is 11.1 Å². The minimum Gasteiger partial charge on any atom is -0.496 e. The van der Waals surface area contributed by atoms with Crippen LogP contribution in [0.15, 0.2) is 51.4 Å². The summed E-state index contributed by atoms with van der Waals surface area (Å²) in [5.74, 6) is 0.928.